The number of aromatic nitrogens is 1. The van der Waals surface area contributed by atoms with E-state index in [0.29, 0.717) is 12.0 Å². The average Bonchev–Trinajstić information content (AvgIpc) is 2.97. The number of hydrogen-bond acceptors (Lipinski definition) is 4. The van der Waals surface area contributed by atoms with Gasteiger partial charge in [-0.05, 0) is 47.3 Å². The summed E-state index contributed by atoms with van der Waals surface area (Å²) in [4.78, 5) is 12.2. The van der Waals surface area contributed by atoms with E-state index >= 15 is 0 Å². The van der Waals surface area contributed by atoms with Crippen LogP contribution in [0.5, 0.6) is 0 Å². The zero-order valence-corrected chi connectivity index (χ0v) is 13.8. The summed E-state index contributed by atoms with van der Waals surface area (Å²) in [5.74, 6) is -0.983. The van der Waals surface area contributed by atoms with E-state index in [-0.39, 0.29) is 5.69 Å². The number of hydrogen-bond donors (Lipinski definition) is 1. The molecule has 0 saturated carbocycles. The van der Waals surface area contributed by atoms with Crippen molar-refractivity contribution < 1.29 is 9.90 Å². The van der Waals surface area contributed by atoms with Gasteiger partial charge in [-0.15, -0.1) is 0 Å². The molecule has 24 heavy (non-hydrogen) atoms. The van der Waals surface area contributed by atoms with E-state index in [1.807, 2.05) is 43.3 Å². The molecule has 2 aromatic carbocycles. The number of carbonyl (C=O) groups is 1. The van der Waals surface area contributed by atoms with Crippen LogP contribution in [0.3, 0.4) is 0 Å². The molecule has 0 unspecified atom stereocenters. The van der Waals surface area contributed by atoms with Gasteiger partial charge in [-0.1, -0.05) is 36.4 Å². The van der Waals surface area contributed by atoms with Gasteiger partial charge >= 0.3 is 5.97 Å². The van der Waals surface area contributed by atoms with Gasteiger partial charge in [-0.3, -0.25) is 0 Å². The van der Waals surface area contributed by atoms with Crippen molar-refractivity contribution in [3.8, 4) is 17.2 Å². The van der Waals surface area contributed by atoms with Crippen LogP contribution in [0, 0.1) is 18.3 Å². The molecule has 1 heterocycles. The third kappa shape index (κ3) is 3.19. The molecule has 4 nitrogen and oxygen atoms in total. The Hall–Kier alpha value is -2.97. The minimum Gasteiger partial charge on any atom is -0.476 e. The fourth-order valence-corrected chi connectivity index (χ4v) is 3.22. The van der Waals surface area contributed by atoms with Gasteiger partial charge in [0.05, 0.1) is 11.6 Å². The predicted octanol–water partition coefficient (Wildman–Crippen LogP) is 4.28. The van der Waals surface area contributed by atoms with Crippen LogP contribution in [-0.2, 0) is 6.42 Å². The molecule has 1 N–H and O–H groups in total. The fourth-order valence-electron chi connectivity index (χ4n) is 2.52. The Morgan fingerprint density at radius 1 is 1.12 bits per heavy atom. The van der Waals surface area contributed by atoms with Crippen LogP contribution in [0.2, 0.25) is 0 Å². The van der Waals surface area contributed by atoms with Crippen LogP contribution < -0.4 is 0 Å². The summed E-state index contributed by atoms with van der Waals surface area (Å²) >= 11 is 1.22. The highest BCUT2D eigenvalue weighted by molar-refractivity contribution is 7.06. The van der Waals surface area contributed by atoms with Crippen molar-refractivity contribution in [3.05, 3.63) is 75.8 Å². The van der Waals surface area contributed by atoms with Gasteiger partial charge in [0.2, 0.25) is 0 Å². The van der Waals surface area contributed by atoms with Gasteiger partial charge in [-0.2, -0.15) is 9.64 Å². The molecule has 0 atom stereocenters. The Kier molecular flexibility index (Phi) is 4.41. The SMILES string of the molecule is Cc1snc(C(=O)O)c1Cc1ccc(-c2ccc(C#N)cc2)cc1. The summed E-state index contributed by atoms with van der Waals surface area (Å²) in [5, 5.41) is 18.1. The lowest BCUT2D eigenvalue weighted by Crippen LogP contribution is -2.02. The lowest BCUT2D eigenvalue weighted by atomic mass is 9.99. The number of aryl methyl sites for hydroxylation is 1. The Morgan fingerprint density at radius 3 is 2.25 bits per heavy atom. The number of rotatable bonds is 4. The number of nitriles is 1. The number of nitrogens with zero attached hydrogens (tertiary/aromatic N) is 2. The molecule has 0 aliphatic heterocycles. The first-order chi connectivity index (χ1) is 11.6. The number of benzene rings is 2. The van der Waals surface area contributed by atoms with Crippen LogP contribution in [0.25, 0.3) is 11.1 Å². The van der Waals surface area contributed by atoms with Gasteiger partial charge in [0, 0.05) is 16.9 Å². The second-order valence-corrected chi connectivity index (χ2v) is 6.41. The standard InChI is InChI=1S/C19H14N2O2S/c1-12-17(18(19(22)23)21-24-12)10-13-2-6-15(7-3-13)16-8-4-14(11-20)5-9-16/h2-9H,10H2,1H3,(H,22,23). The van der Waals surface area contributed by atoms with E-state index in [1.165, 1.54) is 11.5 Å². The maximum atomic E-state index is 11.2. The topological polar surface area (TPSA) is 74.0 Å². The van der Waals surface area contributed by atoms with Crippen LogP contribution in [0.1, 0.15) is 32.1 Å². The number of aromatic carboxylic acids is 1. The molecule has 0 bridgehead atoms. The number of carboxylic acid groups (broad SMARTS) is 1. The van der Waals surface area contributed by atoms with Crippen molar-refractivity contribution in [2.24, 2.45) is 0 Å². The molecule has 118 valence electrons. The molecule has 0 amide bonds. The first-order valence-corrected chi connectivity index (χ1v) is 8.13. The summed E-state index contributed by atoms with van der Waals surface area (Å²) in [6, 6.07) is 17.5. The minimum absolute atomic E-state index is 0.147. The predicted molar refractivity (Wildman–Crippen MR) is 93.2 cm³/mol. The molecule has 3 rings (SSSR count). The maximum absolute atomic E-state index is 11.2. The van der Waals surface area contributed by atoms with Crippen molar-refractivity contribution in [3.63, 3.8) is 0 Å². The summed E-state index contributed by atoms with van der Waals surface area (Å²) in [6.07, 6.45) is 0.553. The molecule has 0 fully saturated rings. The third-order valence-electron chi connectivity index (χ3n) is 3.87. The average molecular weight is 334 g/mol. The quantitative estimate of drug-likeness (QED) is 0.773. The Balaban J connectivity index is 1.84. The molecular weight excluding hydrogens is 320 g/mol. The molecular formula is C19H14N2O2S. The van der Waals surface area contributed by atoms with Crippen molar-refractivity contribution in [1.82, 2.24) is 4.37 Å². The zero-order chi connectivity index (χ0) is 17.1. The molecule has 0 spiro atoms. The second kappa shape index (κ2) is 6.65. The van der Waals surface area contributed by atoms with Gasteiger partial charge in [0.25, 0.3) is 0 Å². The Labute approximate surface area is 143 Å². The van der Waals surface area contributed by atoms with E-state index in [0.717, 1.165) is 27.1 Å². The van der Waals surface area contributed by atoms with Gasteiger partial charge < -0.3 is 5.11 Å². The summed E-state index contributed by atoms with van der Waals surface area (Å²) in [7, 11) is 0. The van der Waals surface area contributed by atoms with E-state index in [4.69, 9.17) is 5.26 Å². The highest BCUT2D eigenvalue weighted by Gasteiger charge is 2.17. The van der Waals surface area contributed by atoms with Gasteiger partial charge in [0.1, 0.15) is 0 Å². The van der Waals surface area contributed by atoms with Crippen molar-refractivity contribution in [2.45, 2.75) is 13.3 Å². The third-order valence-corrected chi connectivity index (χ3v) is 4.66. The largest absolute Gasteiger partial charge is 0.476 e. The Morgan fingerprint density at radius 2 is 1.71 bits per heavy atom. The molecule has 0 aliphatic rings. The fraction of sp³-hybridized carbons (Fsp3) is 0.105. The van der Waals surface area contributed by atoms with Crippen LogP contribution in [-0.4, -0.2) is 15.4 Å². The Bertz CT molecular complexity index is 919. The molecule has 0 aliphatic carbocycles. The van der Waals surface area contributed by atoms with Gasteiger partial charge in [0.15, 0.2) is 5.69 Å². The summed E-state index contributed by atoms with van der Waals surface area (Å²) < 4.78 is 4.01. The zero-order valence-electron chi connectivity index (χ0n) is 13.0. The number of carboxylic acids is 1. The van der Waals surface area contributed by atoms with E-state index in [9.17, 15) is 9.90 Å². The second-order valence-electron chi connectivity index (χ2n) is 5.43. The van der Waals surface area contributed by atoms with Crippen LogP contribution in [0.4, 0.5) is 0 Å². The highest BCUT2D eigenvalue weighted by atomic mass is 32.1. The molecule has 0 radical (unpaired) electrons. The smallest absolute Gasteiger partial charge is 0.355 e. The summed E-state index contributed by atoms with van der Waals surface area (Å²) in [5.41, 5.74) is 4.70. The lowest BCUT2D eigenvalue weighted by molar-refractivity contribution is 0.0690. The molecule has 5 heteroatoms. The van der Waals surface area contributed by atoms with Crippen LogP contribution in [0.15, 0.2) is 48.5 Å². The van der Waals surface area contributed by atoms with E-state index in [1.54, 1.807) is 12.1 Å². The lowest BCUT2D eigenvalue weighted by Gasteiger charge is -2.06. The maximum Gasteiger partial charge on any atom is 0.355 e. The van der Waals surface area contributed by atoms with Crippen molar-refractivity contribution in [1.29, 1.82) is 5.26 Å². The van der Waals surface area contributed by atoms with E-state index < -0.39 is 5.97 Å². The first-order valence-electron chi connectivity index (χ1n) is 7.36. The van der Waals surface area contributed by atoms with Crippen molar-refractivity contribution in [2.75, 3.05) is 0 Å². The molecule has 0 saturated heterocycles. The van der Waals surface area contributed by atoms with Crippen LogP contribution >= 0.6 is 11.5 Å². The highest BCUT2D eigenvalue weighted by Crippen LogP contribution is 2.24. The molecule has 3 aromatic rings. The summed E-state index contributed by atoms with van der Waals surface area (Å²) in [6.45, 7) is 1.89. The molecule has 1 aromatic heterocycles. The van der Waals surface area contributed by atoms with Gasteiger partial charge in [-0.25, -0.2) is 4.79 Å². The monoisotopic (exact) mass is 334 g/mol. The minimum atomic E-state index is -0.983. The normalized spacial score (nSPS) is 10.3. The van der Waals surface area contributed by atoms with E-state index in [2.05, 4.69) is 10.4 Å². The first kappa shape index (κ1) is 15.9. The van der Waals surface area contributed by atoms with Crippen molar-refractivity contribution >= 4 is 17.5 Å².